The van der Waals surface area contributed by atoms with Crippen LogP contribution in [0.15, 0.2) is 33.5 Å². The Morgan fingerprint density at radius 3 is 2.59 bits per heavy atom. The van der Waals surface area contributed by atoms with Crippen LogP contribution in [0.4, 0.5) is 0 Å². The molecule has 0 bridgehead atoms. The molecule has 1 saturated carbocycles. The van der Waals surface area contributed by atoms with Crippen LogP contribution in [0.2, 0.25) is 0 Å². The summed E-state index contributed by atoms with van der Waals surface area (Å²) in [5, 5.41) is 0.787. The Morgan fingerprint density at radius 2 is 1.91 bits per heavy atom. The molecule has 0 spiro atoms. The van der Waals surface area contributed by atoms with Crippen molar-refractivity contribution < 1.29 is 23.5 Å². The molecule has 1 fully saturated rings. The quantitative estimate of drug-likeness (QED) is 0.298. The van der Waals surface area contributed by atoms with E-state index >= 15 is 0 Å². The summed E-state index contributed by atoms with van der Waals surface area (Å²) in [5.74, 6) is -0.143. The minimum Gasteiger partial charge on any atom is -0.497 e. The molecule has 0 radical (unpaired) electrons. The molecule has 0 aliphatic heterocycles. The molecule has 4 rings (SSSR count). The number of esters is 1. The number of aromatic nitrogens is 1. The van der Waals surface area contributed by atoms with Gasteiger partial charge in [0.2, 0.25) is 5.78 Å². The maximum absolute atomic E-state index is 12.6. The van der Waals surface area contributed by atoms with Crippen molar-refractivity contribution in [3.63, 3.8) is 0 Å². The zero-order chi connectivity index (χ0) is 23.0. The van der Waals surface area contributed by atoms with Crippen LogP contribution in [-0.4, -0.2) is 30.0 Å². The number of methoxy groups -OCH3 is 1. The average Bonchev–Trinajstić information content (AvgIpc) is 3.55. The molecule has 32 heavy (non-hydrogen) atoms. The predicted molar refractivity (Wildman–Crippen MR) is 120 cm³/mol. The molecule has 1 aromatic carbocycles. The highest BCUT2D eigenvalue weighted by atomic mass is 16.5. The van der Waals surface area contributed by atoms with Crippen molar-refractivity contribution in [2.45, 2.75) is 52.5 Å². The van der Waals surface area contributed by atoms with Gasteiger partial charge in [-0.25, -0.2) is 4.79 Å². The molecule has 0 atom stereocenters. The van der Waals surface area contributed by atoms with Gasteiger partial charge >= 0.3 is 11.6 Å². The number of hydrogen-bond donors (Lipinski definition) is 0. The lowest BCUT2D eigenvalue weighted by atomic mass is 10.0. The maximum atomic E-state index is 12.6. The van der Waals surface area contributed by atoms with Crippen LogP contribution in [0, 0.1) is 20.8 Å². The van der Waals surface area contributed by atoms with Gasteiger partial charge in [-0.15, -0.1) is 0 Å². The fraction of sp³-hybridized carbons (Fsp3) is 0.400. The fourth-order valence-electron chi connectivity index (χ4n) is 4.27. The number of aryl methyl sites for hydroxylation is 2. The third-order valence-electron chi connectivity index (χ3n) is 6.13. The van der Waals surface area contributed by atoms with Gasteiger partial charge in [0.05, 0.1) is 7.11 Å². The van der Waals surface area contributed by atoms with Crippen LogP contribution in [0.25, 0.3) is 11.0 Å². The third kappa shape index (κ3) is 4.20. The van der Waals surface area contributed by atoms with Crippen molar-refractivity contribution in [3.8, 4) is 5.75 Å². The minimum absolute atomic E-state index is 0.0123. The first kappa shape index (κ1) is 21.9. The molecule has 7 nitrogen and oxygen atoms in total. The van der Waals surface area contributed by atoms with Gasteiger partial charge < -0.3 is 18.5 Å². The minimum atomic E-state index is -0.525. The Morgan fingerprint density at radius 1 is 1.16 bits per heavy atom. The Balaban J connectivity index is 1.39. The van der Waals surface area contributed by atoms with E-state index in [2.05, 4.69) is 4.57 Å². The molecule has 1 aliphatic carbocycles. The van der Waals surface area contributed by atoms with E-state index in [-0.39, 0.29) is 25.2 Å². The number of hydrogen-bond acceptors (Lipinski definition) is 6. The Kier molecular flexibility index (Phi) is 5.91. The number of carbonyl (C=O) groups is 2. The van der Waals surface area contributed by atoms with E-state index in [1.807, 2.05) is 32.9 Å². The second kappa shape index (κ2) is 8.65. The van der Waals surface area contributed by atoms with Crippen molar-refractivity contribution in [1.82, 2.24) is 4.57 Å². The summed E-state index contributed by atoms with van der Waals surface area (Å²) in [5.41, 5.74) is 3.72. The number of ketones is 1. The topological polar surface area (TPSA) is 87.7 Å². The van der Waals surface area contributed by atoms with E-state index in [1.165, 1.54) is 0 Å². The van der Waals surface area contributed by atoms with E-state index in [4.69, 9.17) is 13.9 Å². The van der Waals surface area contributed by atoms with Gasteiger partial charge in [0.25, 0.3) is 0 Å². The summed E-state index contributed by atoms with van der Waals surface area (Å²) in [6.45, 7) is 5.43. The molecule has 1 aliphatic rings. The first-order valence-corrected chi connectivity index (χ1v) is 10.8. The number of benzene rings is 1. The number of rotatable bonds is 8. The predicted octanol–water partition coefficient (Wildman–Crippen LogP) is 4.22. The number of ether oxygens (including phenoxy) is 2. The van der Waals surface area contributed by atoms with E-state index < -0.39 is 11.6 Å². The number of carbonyl (C=O) groups excluding carboxylic acids is 2. The van der Waals surface area contributed by atoms with Crippen LogP contribution in [0.1, 0.15) is 58.2 Å². The summed E-state index contributed by atoms with van der Waals surface area (Å²) >= 11 is 0. The van der Waals surface area contributed by atoms with Gasteiger partial charge in [-0.2, -0.15) is 0 Å². The van der Waals surface area contributed by atoms with Crippen LogP contribution in [-0.2, 0) is 16.0 Å². The van der Waals surface area contributed by atoms with Gasteiger partial charge in [-0.3, -0.25) is 9.59 Å². The number of fused-ring (bicyclic) bond motifs is 1. The molecule has 0 amide bonds. The zero-order valence-corrected chi connectivity index (χ0v) is 18.8. The van der Waals surface area contributed by atoms with Gasteiger partial charge in [0, 0.05) is 46.4 Å². The second-order valence-electron chi connectivity index (χ2n) is 8.33. The molecule has 3 aromatic rings. The second-order valence-corrected chi connectivity index (χ2v) is 8.33. The molecule has 2 aromatic heterocycles. The molecule has 2 heterocycles. The van der Waals surface area contributed by atoms with Crippen LogP contribution in [0.5, 0.6) is 5.75 Å². The van der Waals surface area contributed by atoms with Crippen molar-refractivity contribution in [3.05, 3.63) is 62.8 Å². The third-order valence-corrected chi connectivity index (χ3v) is 6.13. The Labute approximate surface area is 185 Å². The monoisotopic (exact) mass is 437 g/mol. The highest BCUT2D eigenvalue weighted by molar-refractivity contribution is 5.99. The molecular weight excluding hydrogens is 410 g/mol. The summed E-state index contributed by atoms with van der Waals surface area (Å²) in [6.07, 6.45) is 2.43. The Hall–Kier alpha value is -3.35. The SMILES string of the molecule is COc1ccc2c(C)c(CCC(=O)OCC(=O)c3cc(C)n(C4CC4)c3C)c(=O)oc2c1. The number of nitrogens with zero attached hydrogens (tertiary/aromatic N) is 1. The molecule has 0 N–H and O–H groups in total. The van der Waals surface area contributed by atoms with Crippen LogP contribution >= 0.6 is 0 Å². The van der Waals surface area contributed by atoms with Crippen LogP contribution < -0.4 is 10.4 Å². The lowest BCUT2D eigenvalue weighted by molar-refractivity contribution is -0.142. The van der Waals surface area contributed by atoms with Gasteiger partial charge in [-0.1, -0.05) is 0 Å². The summed E-state index contributed by atoms with van der Waals surface area (Å²) < 4.78 is 18.0. The maximum Gasteiger partial charge on any atom is 0.339 e. The van der Waals surface area contributed by atoms with Gasteiger partial charge in [0.1, 0.15) is 11.3 Å². The normalized spacial score (nSPS) is 13.4. The summed E-state index contributed by atoms with van der Waals surface area (Å²) in [7, 11) is 1.54. The van der Waals surface area contributed by atoms with Crippen molar-refractivity contribution in [2.75, 3.05) is 13.7 Å². The van der Waals surface area contributed by atoms with Crippen molar-refractivity contribution in [1.29, 1.82) is 0 Å². The number of Topliss-reactive ketones (excluding diaryl/α,β-unsaturated/α-hetero) is 1. The largest absolute Gasteiger partial charge is 0.497 e. The first-order valence-electron chi connectivity index (χ1n) is 10.8. The van der Waals surface area contributed by atoms with E-state index in [1.54, 1.807) is 19.2 Å². The lowest BCUT2D eigenvalue weighted by Crippen LogP contribution is -2.17. The zero-order valence-electron chi connectivity index (χ0n) is 18.8. The highest BCUT2D eigenvalue weighted by Gasteiger charge is 2.28. The lowest BCUT2D eigenvalue weighted by Gasteiger charge is -2.09. The van der Waals surface area contributed by atoms with Gasteiger partial charge in [-0.05, 0) is 63.8 Å². The van der Waals surface area contributed by atoms with Gasteiger partial charge in [0.15, 0.2) is 6.61 Å². The standard InChI is InChI=1S/C25H27NO6/c1-14-11-21(16(3)26(14)17-5-6-17)22(27)13-31-24(28)10-9-20-15(2)19-8-7-18(30-4)12-23(19)32-25(20)29/h7-8,11-12,17H,5-6,9-10,13H2,1-4H3. The molecule has 168 valence electrons. The first-order chi connectivity index (χ1) is 15.3. The molecular formula is C25H27NO6. The van der Waals surface area contributed by atoms with Crippen LogP contribution in [0.3, 0.4) is 0 Å². The van der Waals surface area contributed by atoms with Crippen molar-refractivity contribution >= 4 is 22.7 Å². The fourth-order valence-corrected chi connectivity index (χ4v) is 4.27. The van der Waals surface area contributed by atoms with Crippen molar-refractivity contribution in [2.24, 2.45) is 0 Å². The van der Waals surface area contributed by atoms with E-state index in [0.29, 0.717) is 28.5 Å². The average molecular weight is 437 g/mol. The van der Waals surface area contributed by atoms with E-state index in [9.17, 15) is 14.4 Å². The molecule has 0 unspecified atom stereocenters. The summed E-state index contributed by atoms with van der Waals surface area (Å²) in [6, 6.07) is 7.62. The van der Waals surface area contributed by atoms with E-state index in [0.717, 1.165) is 35.2 Å². The summed E-state index contributed by atoms with van der Waals surface area (Å²) in [4.78, 5) is 37.3. The Bertz CT molecular complexity index is 1260. The smallest absolute Gasteiger partial charge is 0.339 e. The highest BCUT2D eigenvalue weighted by Crippen LogP contribution is 2.38. The molecule has 7 heteroatoms. The molecule has 0 saturated heterocycles.